The zero-order valence-corrected chi connectivity index (χ0v) is 17.1. The Morgan fingerprint density at radius 3 is 2.52 bits per heavy atom. The van der Waals surface area contributed by atoms with Crippen LogP contribution in [0.4, 0.5) is 18.0 Å². The van der Waals surface area contributed by atoms with Crippen LogP contribution < -0.4 is 10.2 Å². The highest BCUT2D eigenvalue weighted by molar-refractivity contribution is 5.74. The van der Waals surface area contributed by atoms with Gasteiger partial charge in [0.15, 0.2) is 0 Å². The maximum Gasteiger partial charge on any atom is 0.416 e. The zero-order chi connectivity index (χ0) is 21.4. The average molecular weight is 412 g/mol. The molecule has 29 heavy (non-hydrogen) atoms. The molecule has 160 valence electrons. The van der Waals surface area contributed by atoms with Crippen LogP contribution in [0.15, 0.2) is 36.7 Å². The van der Waals surface area contributed by atoms with E-state index < -0.39 is 11.7 Å². The molecule has 2 N–H and O–H groups in total. The first-order valence-electron chi connectivity index (χ1n) is 9.68. The normalized spacial score (nSPS) is 11.7. The van der Waals surface area contributed by atoms with E-state index in [1.165, 1.54) is 17.0 Å². The maximum absolute atomic E-state index is 12.7. The smallest absolute Gasteiger partial charge is 0.338 e. The fourth-order valence-corrected chi connectivity index (χ4v) is 2.76. The maximum atomic E-state index is 12.7. The second-order valence-corrected chi connectivity index (χ2v) is 7.28. The molecule has 6 nitrogen and oxygen atoms in total. The number of alkyl halides is 3. The largest absolute Gasteiger partial charge is 0.416 e. The van der Waals surface area contributed by atoms with Crippen LogP contribution in [0.5, 0.6) is 0 Å². The van der Waals surface area contributed by atoms with Gasteiger partial charge in [0.2, 0.25) is 0 Å². The second kappa shape index (κ2) is 10.3. The van der Waals surface area contributed by atoms with Gasteiger partial charge in [-0.1, -0.05) is 19.1 Å². The third kappa shape index (κ3) is 7.08. The summed E-state index contributed by atoms with van der Waals surface area (Å²) < 4.78 is 40.1. The summed E-state index contributed by atoms with van der Waals surface area (Å²) in [6.07, 6.45) is -0.0917. The summed E-state index contributed by atoms with van der Waals surface area (Å²) in [5.41, 5.74) is 0.0639. The molecule has 0 aliphatic carbocycles. The number of quaternary nitrogens is 1. The molecular weight excluding hydrogens is 383 g/mol. The Labute approximate surface area is 169 Å². The highest BCUT2D eigenvalue weighted by atomic mass is 19.4. The number of benzene rings is 1. The predicted molar refractivity (Wildman–Crippen MR) is 105 cm³/mol. The third-order valence-electron chi connectivity index (χ3n) is 4.46. The number of nitrogens with one attached hydrogen (secondary N) is 2. The van der Waals surface area contributed by atoms with Gasteiger partial charge >= 0.3 is 12.2 Å². The molecule has 0 aliphatic rings. The van der Waals surface area contributed by atoms with Crippen molar-refractivity contribution in [2.75, 3.05) is 33.7 Å². The molecule has 1 aromatic heterocycles. The molecule has 0 atom stereocenters. The Kier molecular flexibility index (Phi) is 8.07. The van der Waals surface area contributed by atoms with Gasteiger partial charge in [-0.25, -0.2) is 9.78 Å². The molecule has 0 spiro atoms. The van der Waals surface area contributed by atoms with Gasteiger partial charge in [-0.05, 0) is 24.1 Å². The van der Waals surface area contributed by atoms with Crippen LogP contribution >= 0.6 is 0 Å². The summed E-state index contributed by atoms with van der Waals surface area (Å²) in [4.78, 5) is 19.8. The van der Waals surface area contributed by atoms with Gasteiger partial charge in [0.25, 0.3) is 0 Å². The molecule has 2 amide bonds. The molecule has 0 aliphatic heterocycles. The number of amides is 2. The van der Waals surface area contributed by atoms with E-state index in [1.54, 1.807) is 17.3 Å². The van der Waals surface area contributed by atoms with Gasteiger partial charge in [0.1, 0.15) is 5.82 Å². The first-order valence-corrected chi connectivity index (χ1v) is 9.68. The van der Waals surface area contributed by atoms with E-state index in [2.05, 4.69) is 10.3 Å². The summed E-state index contributed by atoms with van der Waals surface area (Å²) >= 11 is 0. The standard InChI is InChI=1S/C20H28F3N5O/c1-4-9-25-19(29)28(13-12-26(2)3)15-18-24-10-11-27(18)14-16-5-7-17(8-6-16)20(21,22)23/h5-8,10-11H,4,9,12-15H2,1-3H3,(H,25,29)/p+1. The molecule has 0 bridgehead atoms. The van der Waals surface area contributed by atoms with Crippen LogP contribution in [-0.2, 0) is 19.3 Å². The lowest BCUT2D eigenvalue weighted by molar-refractivity contribution is -0.857. The topological polar surface area (TPSA) is 54.6 Å². The number of urea groups is 1. The first kappa shape index (κ1) is 22.7. The van der Waals surface area contributed by atoms with E-state index in [1.807, 2.05) is 25.6 Å². The lowest BCUT2D eigenvalue weighted by Gasteiger charge is -2.23. The molecule has 1 aromatic carbocycles. The van der Waals surface area contributed by atoms with Gasteiger partial charge in [0, 0.05) is 25.5 Å². The molecule has 0 saturated carbocycles. The molecule has 1 heterocycles. The predicted octanol–water partition coefficient (Wildman–Crippen LogP) is 2.02. The molecule has 0 saturated heterocycles. The van der Waals surface area contributed by atoms with Crippen molar-refractivity contribution < 1.29 is 22.9 Å². The average Bonchev–Trinajstić information content (AvgIpc) is 3.09. The van der Waals surface area contributed by atoms with E-state index in [-0.39, 0.29) is 6.03 Å². The zero-order valence-electron chi connectivity index (χ0n) is 17.1. The fraction of sp³-hybridized carbons (Fsp3) is 0.500. The summed E-state index contributed by atoms with van der Waals surface area (Å²) in [7, 11) is 4.04. The molecule has 0 radical (unpaired) electrons. The van der Waals surface area contributed by atoms with Crippen molar-refractivity contribution in [1.29, 1.82) is 0 Å². The van der Waals surface area contributed by atoms with Crippen molar-refractivity contribution in [3.05, 3.63) is 53.6 Å². The van der Waals surface area contributed by atoms with Gasteiger partial charge in [0.05, 0.1) is 39.3 Å². The Morgan fingerprint density at radius 1 is 1.24 bits per heavy atom. The van der Waals surface area contributed by atoms with Crippen molar-refractivity contribution in [2.45, 2.75) is 32.6 Å². The van der Waals surface area contributed by atoms with E-state index in [0.717, 1.165) is 30.7 Å². The van der Waals surface area contributed by atoms with Gasteiger partial charge in [-0.15, -0.1) is 0 Å². The van der Waals surface area contributed by atoms with Gasteiger partial charge in [-0.3, -0.25) is 0 Å². The molecule has 9 heteroatoms. The molecule has 2 rings (SSSR count). The van der Waals surface area contributed by atoms with E-state index in [9.17, 15) is 18.0 Å². The Bertz CT molecular complexity index is 771. The number of halogens is 3. The summed E-state index contributed by atoms with van der Waals surface area (Å²) in [5.74, 6) is 0.685. The molecule has 0 unspecified atom stereocenters. The number of rotatable bonds is 9. The lowest BCUT2D eigenvalue weighted by atomic mass is 10.1. The van der Waals surface area contributed by atoms with Crippen LogP contribution in [-0.4, -0.2) is 54.2 Å². The van der Waals surface area contributed by atoms with Gasteiger partial charge in [-0.2, -0.15) is 13.2 Å². The SMILES string of the molecule is CCCNC(=O)N(CC[NH+](C)C)Cc1nccn1Cc1ccc(C(F)(F)F)cc1. The fourth-order valence-electron chi connectivity index (χ4n) is 2.76. The highest BCUT2D eigenvalue weighted by Crippen LogP contribution is 2.29. The summed E-state index contributed by atoms with van der Waals surface area (Å²) in [6, 6.07) is 4.95. The summed E-state index contributed by atoms with van der Waals surface area (Å²) in [6.45, 7) is 4.67. The number of imidazole rings is 1. The number of carbonyl (C=O) groups excluding carboxylic acids is 1. The van der Waals surface area contributed by atoms with Crippen molar-refractivity contribution in [2.24, 2.45) is 0 Å². The van der Waals surface area contributed by atoms with Gasteiger partial charge < -0.3 is 19.7 Å². The first-order chi connectivity index (χ1) is 13.7. The van der Waals surface area contributed by atoms with Crippen molar-refractivity contribution in [3.63, 3.8) is 0 Å². The highest BCUT2D eigenvalue weighted by Gasteiger charge is 2.29. The quantitative estimate of drug-likeness (QED) is 0.662. The number of likely N-dealkylation sites (N-methyl/N-ethyl adjacent to an activating group) is 1. The van der Waals surface area contributed by atoms with E-state index >= 15 is 0 Å². The van der Waals surface area contributed by atoms with E-state index in [4.69, 9.17) is 0 Å². The number of carbonyl (C=O) groups is 1. The number of aromatic nitrogens is 2. The number of hydrogen-bond acceptors (Lipinski definition) is 2. The lowest BCUT2D eigenvalue weighted by Crippen LogP contribution is -3.06. The third-order valence-corrected chi connectivity index (χ3v) is 4.46. The van der Waals surface area contributed by atoms with Crippen LogP contribution in [0.3, 0.4) is 0 Å². The van der Waals surface area contributed by atoms with Crippen molar-refractivity contribution in [3.8, 4) is 0 Å². The monoisotopic (exact) mass is 412 g/mol. The van der Waals surface area contributed by atoms with Crippen molar-refractivity contribution in [1.82, 2.24) is 19.8 Å². The Balaban J connectivity index is 2.10. The van der Waals surface area contributed by atoms with Crippen molar-refractivity contribution >= 4 is 6.03 Å². The Hall–Kier alpha value is -2.55. The number of nitrogens with zero attached hydrogens (tertiary/aromatic N) is 3. The minimum atomic E-state index is -4.35. The van der Waals surface area contributed by atoms with Crippen LogP contribution in [0.1, 0.15) is 30.3 Å². The minimum absolute atomic E-state index is 0.141. The molecular formula is C20H29F3N5O+. The van der Waals surface area contributed by atoms with Crippen LogP contribution in [0, 0.1) is 0 Å². The summed E-state index contributed by atoms with van der Waals surface area (Å²) in [5, 5.41) is 2.89. The molecule has 0 fully saturated rings. The minimum Gasteiger partial charge on any atom is -0.338 e. The van der Waals surface area contributed by atoms with E-state index in [0.29, 0.717) is 32.0 Å². The van der Waals surface area contributed by atoms with Crippen LogP contribution in [0.2, 0.25) is 0 Å². The second-order valence-electron chi connectivity index (χ2n) is 7.28. The van der Waals surface area contributed by atoms with Crippen LogP contribution in [0.25, 0.3) is 0 Å². The number of hydrogen-bond donors (Lipinski definition) is 2. The molecule has 2 aromatic rings. The Morgan fingerprint density at radius 2 is 1.93 bits per heavy atom.